The zero-order chi connectivity index (χ0) is 11.7. The highest BCUT2D eigenvalue weighted by Crippen LogP contribution is 2.34. The van der Waals surface area contributed by atoms with Crippen molar-refractivity contribution in [3.63, 3.8) is 0 Å². The molecule has 0 aliphatic carbocycles. The van der Waals surface area contributed by atoms with Crippen molar-refractivity contribution in [1.82, 2.24) is 5.01 Å². The fourth-order valence-corrected chi connectivity index (χ4v) is 3.13. The van der Waals surface area contributed by atoms with Crippen LogP contribution in [0.5, 0.6) is 0 Å². The average molecular weight is 346 g/mol. The summed E-state index contributed by atoms with van der Waals surface area (Å²) in [5.41, 5.74) is 2.42. The van der Waals surface area contributed by atoms with Gasteiger partial charge in [0.15, 0.2) is 0 Å². The van der Waals surface area contributed by atoms with Crippen molar-refractivity contribution in [1.29, 1.82) is 0 Å². The fraction of sp³-hybridized carbons (Fsp3) is 0.417. The Hall–Kier alpha value is -0.350. The normalized spacial score (nSPS) is 25.0. The van der Waals surface area contributed by atoms with Crippen molar-refractivity contribution in [3.05, 3.63) is 34.1 Å². The molecule has 0 fully saturated rings. The van der Waals surface area contributed by atoms with Crippen LogP contribution >= 0.6 is 31.9 Å². The quantitative estimate of drug-likeness (QED) is 0.682. The zero-order valence-corrected chi connectivity index (χ0v) is 12.5. The SMILES string of the molecule is CCC1=CC(C)CC=C2C(Br)=CC(Br)=NN12. The summed E-state index contributed by atoms with van der Waals surface area (Å²) in [6.07, 6.45) is 8.59. The molecular formula is C12H14Br2N2. The molecule has 0 aromatic rings. The minimum atomic E-state index is 0.572. The Labute approximate surface area is 113 Å². The number of halogens is 2. The van der Waals surface area contributed by atoms with Crippen LogP contribution in [0.25, 0.3) is 0 Å². The lowest BCUT2D eigenvalue weighted by Crippen LogP contribution is -2.20. The highest BCUT2D eigenvalue weighted by molar-refractivity contribution is 9.18. The van der Waals surface area contributed by atoms with Gasteiger partial charge in [-0.05, 0) is 56.7 Å². The lowest BCUT2D eigenvalue weighted by molar-refractivity contribution is 0.450. The molecule has 86 valence electrons. The van der Waals surface area contributed by atoms with Crippen LogP contribution in [-0.2, 0) is 0 Å². The Bertz CT molecular complexity index is 419. The van der Waals surface area contributed by atoms with Gasteiger partial charge < -0.3 is 0 Å². The predicted octanol–water partition coefficient (Wildman–Crippen LogP) is 4.51. The summed E-state index contributed by atoms with van der Waals surface area (Å²) in [6, 6.07) is 0. The maximum Gasteiger partial charge on any atom is 0.128 e. The van der Waals surface area contributed by atoms with Crippen LogP contribution in [0.2, 0.25) is 0 Å². The molecule has 16 heavy (non-hydrogen) atoms. The Morgan fingerprint density at radius 2 is 2.25 bits per heavy atom. The van der Waals surface area contributed by atoms with Crippen molar-refractivity contribution in [2.75, 3.05) is 0 Å². The molecule has 2 rings (SSSR count). The van der Waals surface area contributed by atoms with Crippen LogP contribution in [0, 0.1) is 5.92 Å². The van der Waals surface area contributed by atoms with Crippen molar-refractivity contribution >= 4 is 36.5 Å². The first kappa shape index (κ1) is 12.1. The topological polar surface area (TPSA) is 15.6 Å². The van der Waals surface area contributed by atoms with E-state index in [0.29, 0.717) is 5.92 Å². The molecule has 1 unspecified atom stereocenters. The predicted molar refractivity (Wildman–Crippen MR) is 75.4 cm³/mol. The van der Waals surface area contributed by atoms with E-state index in [9.17, 15) is 0 Å². The monoisotopic (exact) mass is 344 g/mol. The number of fused-ring (bicyclic) bond motifs is 1. The third kappa shape index (κ3) is 2.33. The minimum absolute atomic E-state index is 0.572. The van der Waals surface area contributed by atoms with E-state index in [1.165, 1.54) is 5.70 Å². The molecule has 1 atom stereocenters. The van der Waals surface area contributed by atoms with E-state index in [1.54, 1.807) is 0 Å². The number of hydrogen-bond acceptors (Lipinski definition) is 2. The van der Waals surface area contributed by atoms with Gasteiger partial charge in [0.2, 0.25) is 0 Å². The highest BCUT2D eigenvalue weighted by Gasteiger charge is 2.22. The lowest BCUT2D eigenvalue weighted by Gasteiger charge is -2.26. The van der Waals surface area contributed by atoms with E-state index in [4.69, 9.17) is 0 Å². The molecule has 0 aromatic heterocycles. The van der Waals surface area contributed by atoms with Crippen LogP contribution in [0.4, 0.5) is 0 Å². The van der Waals surface area contributed by atoms with E-state index in [1.807, 2.05) is 11.1 Å². The molecule has 0 N–H and O–H groups in total. The third-order valence-electron chi connectivity index (χ3n) is 2.71. The number of nitrogens with zero attached hydrogens (tertiary/aromatic N) is 2. The Kier molecular flexibility index (Phi) is 3.70. The second kappa shape index (κ2) is 4.88. The van der Waals surface area contributed by atoms with Gasteiger partial charge in [0, 0.05) is 10.2 Å². The average Bonchev–Trinajstić information content (AvgIpc) is 2.38. The van der Waals surface area contributed by atoms with Crippen molar-refractivity contribution in [3.8, 4) is 0 Å². The van der Waals surface area contributed by atoms with Gasteiger partial charge in [0.1, 0.15) is 4.62 Å². The summed E-state index contributed by atoms with van der Waals surface area (Å²) in [4.78, 5) is 0. The van der Waals surface area contributed by atoms with E-state index in [-0.39, 0.29) is 0 Å². The van der Waals surface area contributed by atoms with Gasteiger partial charge in [-0.2, -0.15) is 5.10 Å². The van der Waals surface area contributed by atoms with Gasteiger partial charge in [-0.15, -0.1) is 0 Å². The number of hydrazone groups is 1. The van der Waals surface area contributed by atoms with Gasteiger partial charge in [0.05, 0.1) is 5.70 Å². The molecule has 2 heterocycles. The number of hydrogen-bond donors (Lipinski definition) is 0. The molecule has 0 aromatic carbocycles. The summed E-state index contributed by atoms with van der Waals surface area (Å²) >= 11 is 7.03. The van der Waals surface area contributed by atoms with Crippen molar-refractivity contribution < 1.29 is 0 Å². The first-order chi connectivity index (χ1) is 7.61. The second-order valence-corrected chi connectivity index (χ2v) is 5.71. The van der Waals surface area contributed by atoms with E-state index < -0.39 is 0 Å². The maximum absolute atomic E-state index is 4.53. The van der Waals surface area contributed by atoms with Gasteiger partial charge >= 0.3 is 0 Å². The molecule has 0 bridgehead atoms. The first-order valence-electron chi connectivity index (χ1n) is 5.44. The molecule has 2 nitrogen and oxygen atoms in total. The Morgan fingerprint density at radius 3 is 2.94 bits per heavy atom. The molecule has 0 saturated heterocycles. The Balaban J connectivity index is 2.46. The van der Waals surface area contributed by atoms with E-state index >= 15 is 0 Å². The van der Waals surface area contributed by atoms with Crippen LogP contribution in [0.1, 0.15) is 26.7 Å². The van der Waals surface area contributed by atoms with Crippen molar-refractivity contribution in [2.24, 2.45) is 11.0 Å². The fourth-order valence-electron chi connectivity index (χ4n) is 1.89. The summed E-state index contributed by atoms with van der Waals surface area (Å²) in [6.45, 7) is 4.40. The first-order valence-corrected chi connectivity index (χ1v) is 7.03. The molecule has 4 heteroatoms. The molecule has 0 amide bonds. The molecule has 0 radical (unpaired) electrons. The third-order valence-corrected chi connectivity index (χ3v) is 3.73. The van der Waals surface area contributed by atoms with Gasteiger partial charge in [-0.25, -0.2) is 5.01 Å². The molecule has 2 aliphatic heterocycles. The molecule has 2 aliphatic rings. The molecule has 0 spiro atoms. The number of rotatable bonds is 1. The lowest BCUT2D eigenvalue weighted by atomic mass is 10.1. The summed E-state index contributed by atoms with van der Waals surface area (Å²) in [7, 11) is 0. The smallest absolute Gasteiger partial charge is 0.128 e. The summed E-state index contributed by atoms with van der Waals surface area (Å²) in [5, 5.41) is 6.55. The standard InChI is InChI=1S/C12H14Br2N2/c1-3-9-6-8(2)4-5-11-10(13)7-12(14)15-16(9)11/h5-8H,3-4H2,1-2H3. The largest absolute Gasteiger partial charge is 0.236 e. The Morgan fingerprint density at radius 1 is 1.50 bits per heavy atom. The molecule has 0 saturated carbocycles. The van der Waals surface area contributed by atoms with Crippen LogP contribution in [0.3, 0.4) is 0 Å². The maximum atomic E-state index is 4.53. The van der Waals surface area contributed by atoms with Gasteiger partial charge in [0.25, 0.3) is 0 Å². The van der Waals surface area contributed by atoms with E-state index in [2.05, 4.69) is 63.0 Å². The van der Waals surface area contributed by atoms with Crippen molar-refractivity contribution in [2.45, 2.75) is 26.7 Å². The van der Waals surface area contributed by atoms with Crippen LogP contribution < -0.4 is 0 Å². The number of allylic oxidation sites excluding steroid dienone is 5. The summed E-state index contributed by atoms with van der Waals surface area (Å²) in [5.74, 6) is 0.572. The van der Waals surface area contributed by atoms with Crippen LogP contribution in [0.15, 0.2) is 39.2 Å². The van der Waals surface area contributed by atoms with Crippen LogP contribution in [-0.4, -0.2) is 9.63 Å². The van der Waals surface area contributed by atoms with Gasteiger partial charge in [-0.3, -0.25) is 0 Å². The van der Waals surface area contributed by atoms with E-state index in [0.717, 1.165) is 27.6 Å². The minimum Gasteiger partial charge on any atom is -0.236 e. The second-order valence-electron chi connectivity index (χ2n) is 4.04. The van der Waals surface area contributed by atoms with Gasteiger partial charge in [-0.1, -0.05) is 26.0 Å². The zero-order valence-electron chi connectivity index (χ0n) is 9.37. The molecular weight excluding hydrogens is 332 g/mol. The highest BCUT2D eigenvalue weighted by atomic mass is 79.9. The summed E-state index contributed by atoms with van der Waals surface area (Å²) < 4.78 is 1.94.